The molecular formula is C7H15NO2. The summed E-state index contributed by atoms with van der Waals surface area (Å²) in [6, 6.07) is 0. The molecule has 0 aromatic heterocycles. The second-order valence-corrected chi connectivity index (χ2v) is 2.78. The summed E-state index contributed by atoms with van der Waals surface area (Å²) in [6.07, 6.45) is 3.45. The molecule has 3 nitrogen and oxygen atoms in total. The molecule has 10 heavy (non-hydrogen) atoms. The molecule has 3 heteroatoms. The first-order valence-corrected chi connectivity index (χ1v) is 3.88. The van der Waals surface area contributed by atoms with Crippen LogP contribution in [0.1, 0.15) is 19.3 Å². The van der Waals surface area contributed by atoms with Crippen LogP contribution in [-0.2, 0) is 4.74 Å². The van der Waals surface area contributed by atoms with Gasteiger partial charge in [0, 0.05) is 19.8 Å². The van der Waals surface area contributed by atoms with Gasteiger partial charge in [0.05, 0.1) is 0 Å². The van der Waals surface area contributed by atoms with Crippen LogP contribution in [0.3, 0.4) is 0 Å². The van der Waals surface area contributed by atoms with Crippen molar-refractivity contribution in [2.45, 2.75) is 19.3 Å². The molecule has 1 aliphatic rings. The lowest BCUT2D eigenvalue weighted by molar-refractivity contribution is 0.0463. The number of nitrogens with one attached hydrogen (secondary N) is 1. The molecule has 0 aromatic rings. The topological polar surface area (TPSA) is 41.5 Å². The van der Waals surface area contributed by atoms with Crippen molar-refractivity contribution in [1.29, 1.82) is 0 Å². The zero-order valence-electron chi connectivity index (χ0n) is 6.18. The van der Waals surface area contributed by atoms with E-state index in [-0.39, 0.29) is 0 Å². The molecule has 1 heterocycles. The molecule has 1 saturated heterocycles. The summed E-state index contributed by atoms with van der Waals surface area (Å²) in [5.74, 6) is 0.661. The van der Waals surface area contributed by atoms with Crippen LogP contribution >= 0.6 is 0 Å². The first kappa shape index (κ1) is 7.98. The van der Waals surface area contributed by atoms with E-state index in [9.17, 15) is 0 Å². The zero-order chi connectivity index (χ0) is 7.23. The van der Waals surface area contributed by atoms with Gasteiger partial charge in [-0.3, -0.25) is 0 Å². The first-order chi connectivity index (χ1) is 4.93. The predicted octanol–water partition coefficient (Wildman–Crippen LogP) is 0.782. The molecule has 0 aromatic carbocycles. The number of ether oxygens (including phenoxy) is 1. The quantitative estimate of drug-likeness (QED) is 0.577. The maximum absolute atomic E-state index is 8.31. The van der Waals surface area contributed by atoms with E-state index >= 15 is 0 Å². The minimum absolute atomic E-state index is 0.661. The predicted molar refractivity (Wildman–Crippen MR) is 37.9 cm³/mol. The number of hydrogen-bond donors (Lipinski definition) is 2. The largest absolute Gasteiger partial charge is 0.381 e. The number of hydroxylamine groups is 1. The molecule has 0 amide bonds. The first-order valence-electron chi connectivity index (χ1n) is 3.88. The van der Waals surface area contributed by atoms with Gasteiger partial charge in [0.2, 0.25) is 0 Å². The second kappa shape index (κ2) is 4.66. The van der Waals surface area contributed by atoms with Gasteiger partial charge in [-0.05, 0) is 25.2 Å². The van der Waals surface area contributed by atoms with E-state index in [1.54, 1.807) is 0 Å². The fraction of sp³-hybridized carbons (Fsp3) is 1.00. The van der Waals surface area contributed by atoms with E-state index in [4.69, 9.17) is 9.94 Å². The minimum atomic E-state index is 0.661. The Morgan fingerprint density at radius 3 is 3.10 bits per heavy atom. The van der Waals surface area contributed by atoms with Crippen molar-refractivity contribution in [3.63, 3.8) is 0 Å². The van der Waals surface area contributed by atoms with Crippen LogP contribution in [-0.4, -0.2) is 25.0 Å². The number of rotatable bonds is 3. The Balaban J connectivity index is 2.02. The maximum Gasteiger partial charge on any atom is 0.0494 e. The average Bonchev–Trinajstić information content (AvgIpc) is 2.03. The van der Waals surface area contributed by atoms with E-state index in [1.165, 1.54) is 12.8 Å². The van der Waals surface area contributed by atoms with Crippen molar-refractivity contribution < 1.29 is 9.94 Å². The van der Waals surface area contributed by atoms with Gasteiger partial charge in [-0.2, -0.15) is 0 Å². The molecule has 0 spiro atoms. The average molecular weight is 145 g/mol. The van der Waals surface area contributed by atoms with Crippen molar-refractivity contribution in [3.8, 4) is 0 Å². The summed E-state index contributed by atoms with van der Waals surface area (Å²) in [4.78, 5) is 0. The third-order valence-corrected chi connectivity index (χ3v) is 1.92. The summed E-state index contributed by atoms with van der Waals surface area (Å²) in [5.41, 5.74) is 2.16. The van der Waals surface area contributed by atoms with E-state index in [2.05, 4.69) is 5.48 Å². The molecule has 0 saturated carbocycles. The van der Waals surface area contributed by atoms with Gasteiger partial charge in [0.15, 0.2) is 0 Å². The molecule has 2 N–H and O–H groups in total. The van der Waals surface area contributed by atoms with Crippen LogP contribution in [0.5, 0.6) is 0 Å². The Bertz CT molecular complexity index is 81.7. The molecule has 60 valence electrons. The van der Waals surface area contributed by atoms with Crippen LogP contribution in [0.2, 0.25) is 0 Å². The highest BCUT2D eigenvalue weighted by Crippen LogP contribution is 2.15. The highest BCUT2D eigenvalue weighted by molar-refractivity contribution is 4.62. The van der Waals surface area contributed by atoms with Gasteiger partial charge >= 0.3 is 0 Å². The lowest BCUT2D eigenvalue weighted by Gasteiger charge is -2.21. The van der Waals surface area contributed by atoms with Crippen molar-refractivity contribution >= 4 is 0 Å². The molecule has 1 atom stereocenters. The normalized spacial score (nSPS) is 26.7. The lowest BCUT2D eigenvalue weighted by atomic mass is 9.99. The molecule has 1 rings (SSSR count). The maximum atomic E-state index is 8.31. The Kier molecular flexibility index (Phi) is 3.72. The van der Waals surface area contributed by atoms with Gasteiger partial charge in [0.1, 0.15) is 0 Å². The van der Waals surface area contributed by atoms with E-state index in [1.807, 2.05) is 0 Å². The van der Waals surface area contributed by atoms with Gasteiger partial charge in [-0.1, -0.05) is 0 Å². The monoisotopic (exact) mass is 145 g/mol. The van der Waals surface area contributed by atoms with Gasteiger partial charge in [0.25, 0.3) is 0 Å². The fourth-order valence-corrected chi connectivity index (χ4v) is 1.30. The van der Waals surface area contributed by atoms with Gasteiger partial charge < -0.3 is 9.94 Å². The summed E-state index contributed by atoms with van der Waals surface area (Å²) < 4.78 is 5.27. The Labute approximate surface area is 61.3 Å². The van der Waals surface area contributed by atoms with Crippen molar-refractivity contribution in [2.75, 3.05) is 19.8 Å². The van der Waals surface area contributed by atoms with Crippen LogP contribution in [0.4, 0.5) is 0 Å². The standard InChI is InChI=1S/C7H15NO2/c9-8-4-3-7-2-1-5-10-6-7/h7-9H,1-6H2. The molecular weight excluding hydrogens is 130 g/mol. The molecule has 1 unspecified atom stereocenters. The van der Waals surface area contributed by atoms with E-state index in [0.717, 1.165) is 19.6 Å². The van der Waals surface area contributed by atoms with Crippen LogP contribution < -0.4 is 5.48 Å². The Hall–Kier alpha value is -0.120. The SMILES string of the molecule is ONCCC1CCCOC1. The van der Waals surface area contributed by atoms with Crippen LogP contribution in [0.15, 0.2) is 0 Å². The smallest absolute Gasteiger partial charge is 0.0494 e. The molecule has 1 fully saturated rings. The molecule has 0 radical (unpaired) electrons. The number of hydrogen-bond acceptors (Lipinski definition) is 3. The van der Waals surface area contributed by atoms with Crippen LogP contribution in [0.25, 0.3) is 0 Å². The summed E-state index contributed by atoms with van der Waals surface area (Å²) in [6.45, 7) is 2.48. The third kappa shape index (κ3) is 2.64. The van der Waals surface area contributed by atoms with E-state index in [0.29, 0.717) is 12.5 Å². The summed E-state index contributed by atoms with van der Waals surface area (Å²) in [7, 11) is 0. The van der Waals surface area contributed by atoms with Crippen molar-refractivity contribution in [2.24, 2.45) is 5.92 Å². The van der Waals surface area contributed by atoms with Crippen LogP contribution in [0, 0.1) is 5.92 Å². The van der Waals surface area contributed by atoms with Crippen molar-refractivity contribution in [3.05, 3.63) is 0 Å². The minimum Gasteiger partial charge on any atom is -0.381 e. The van der Waals surface area contributed by atoms with Crippen molar-refractivity contribution in [1.82, 2.24) is 5.48 Å². The summed E-state index contributed by atoms with van der Waals surface area (Å²) >= 11 is 0. The van der Waals surface area contributed by atoms with Gasteiger partial charge in [-0.25, -0.2) is 5.48 Å². The summed E-state index contributed by atoms with van der Waals surface area (Å²) in [5, 5.41) is 8.31. The zero-order valence-corrected chi connectivity index (χ0v) is 6.18. The molecule has 1 aliphatic heterocycles. The van der Waals surface area contributed by atoms with Gasteiger partial charge in [-0.15, -0.1) is 0 Å². The van der Waals surface area contributed by atoms with E-state index < -0.39 is 0 Å². The Morgan fingerprint density at radius 2 is 2.50 bits per heavy atom. The highest BCUT2D eigenvalue weighted by Gasteiger charge is 2.12. The molecule has 0 bridgehead atoms. The second-order valence-electron chi connectivity index (χ2n) is 2.78. The molecule has 0 aliphatic carbocycles. The third-order valence-electron chi connectivity index (χ3n) is 1.92. The fourth-order valence-electron chi connectivity index (χ4n) is 1.30. The highest BCUT2D eigenvalue weighted by atomic mass is 16.5. The Morgan fingerprint density at radius 1 is 1.60 bits per heavy atom. The lowest BCUT2D eigenvalue weighted by Crippen LogP contribution is -2.21.